The van der Waals surface area contributed by atoms with E-state index in [9.17, 15) is 14.4 Å². The molecule has 1 aliphatic rings. The molecule has 1 unspecified atom stereocenters. The minimum Gasteiger partial charge on any atom is -0.319 e. The van der Waals surface area contributed by atoms with Crippen LogP contribution < -0.4 is 10.7 Å². The fourth-order valence-corrected chi connectivity index (χ4v) is 3.71. The number of benzene rings is 3. The Labute approximate surface area is 192 Å². The van der Waals surface area contributed by atoms with Crippen molar-refractivity contribution in [2.24, 2.45) is 5.10 Å². The fraction of sp³-hybridized carbons (Fsp3) is 0.154. The molecule has 0 aliphatic carbocycles. The Morgan fingerprint density at radius 1 is 0.909 bits per heavy atom. The lowest BCUT2D eigenvalue weighted by Gasteiger charge is -2.22. The molecule has 1 saturated heterocycles. The van der Waals surface area contributed by atoms with Gasteiger partial charge in [0.1, 0.15) is 12.1 Å². The van der Waals surface area contributed by atoms with Crippen molar-refractivity contribution in [3.63, 3.8) is 0 Å². The summed E-state index contributed by atoms with van der Waals surface area (Å²) in [5, 5.41) is 7.02. The molecule has 1 fully saturated rings. The zero-order chi connectivity index (χ0) is 23.4. The van der Waals surface area contributed by atoms with Gasteiger partial charge < -0.3 is 5.32 Å². The average Bonchev–Trinajstić information content (AvgIpc) is 3.05. The molecule has 33 heavy (non-hydrogen) atoms. The third kappa shape index (κ3) is 4.52. The molecule has 1 aliphatic heterocycles. The van der Waals surface area contributed by atoms with E-state index in [0.29, 0.717) is 11.3 Å². The molecule has 2 N–H and O–H groups in total. The second kappa shape index (κ2) is 9.08. The summed E-state index contributed by atoms with van der Waals surface area (Å²) in [6, 6.07) is 25.6. The van der Waals surface area contributed by atoms with E-state index in [1.165, 1.54) is 0 Å². The van der Waals surface area contributed by atoms with Crippen LogP contribution in [0.4, 0.5) is 4.79 Å². The van der Waals surface area contributed by atoms with Gasteiger partial charge in [0.2, 0.25) is 0 Å². The molecule has 7 heteroatoms. The summed E-state index contributed by atoms with van der Waals surface area (Å²) in [5.41, 5.74) is 5.19. The molecule has 166 valence electrons. The van der Waals surface area contributed by atoms with Crippen molar-refractivity contribution in [1.29, 1.82) is 0 Å². The maximum atomic E-state index is 13.1. The van der Waals surface area contributed by atoms with Gasteiger partial charge in [-0.3, -0.25) is 14.5 Å². The van der Waals surface area contributed by atoms with Crippen LogP contribution in [0.3, 0.4) is 0 Å². The van der Waals surface area contributed by atoms with Gasteiger partial charge in [-0.15, -0.1) is 0 Å². The quantitative estimate of drug-likeness (QED) is 0.350. The Morgan fingerprint density at radius 3 is 2.00 bits per heavy atom. The van der Waals surface area contributed by atoms with Crippen molar-refractivity contribution >= 4 is 23.6 Å². The van der Waals surface area contributed by atoms with Crippen molar-refractivity contribution in [2.45, 2.75) is 19.4 Å². The number of hydrogen-bond donors (Lipinski definition) is 2. The van der Waals surface area contributed by atoms with Gasteiger partial charge in [0.25, 0.3) is 11.8 Å². The zero-order valence-corrected chi connectivity index (χ0v) is 18.4. The molecule has 0 aromatic heterocycles. The van der Waals surface area contributed by atoms with Crippen molar-refractivity contribution in [3.8, 4) is 0 Å². The first kappa shape index (κ1) is 22.0. The Kier molecular flexibility index (Phi) is 6.04. The molecular formula is C26H24N4O3. The summed E-state index contributed by atoms with van der Waals surface area (Å²) in [7, 11) is 0. The predicted octanol–water partition coefficient (Wildman–Crippen LogP) is 3.33. The Balaban J connectivity index is 1.52. The molecule has 1 atom stereocenters. The number of hydrogen-bond acceptors (Lipinski definition) is 4. The lowest BCUT2D eigenvalue weighted by Crippen LogP contribution is -2.42. The summed E-state index contributed by atoms with van der Waals surface area (Å²) in [4.78, 5) is 39.2. The van der Waals surface area contributed by atoms with Gasteiger partial charge in [0.05, 0.1) is 5.71 Å². The van der Waals surface area contributed by atoms with Gasteiger partial charge in [-0.2, -0.15) is 5.10 Å². The Morgan fingerprint density at radius 2 is 1.45 bits per heavy atom. The number of nitrogens with zero attached hydrogens (tertiary/aromatic N) is 2. The number of nitrogens with one attached hydrogen (secondary N) is 2. The number of carbonyl (C=O) groups is 3. The molecule has 1 heterocycles. The van der Waals surface area contributed by atoms with E-state index in [1.54, 1.807) is 19.1 Å². The topological polar surface area (TPSA) is 90.9 Å². The van der Waals surface area contributed by atoms with Crippen LogP contribution >= 0.6 is 0 Å². The second-order valence-electron chi connectivity index (χ2n) is 8.04. The van der Waals surface area contributed by atoms with E-state index in [4.69, 9.17) is 0 Å². The van der Waals surface area contributed by atoms with Gasteiger partial charge in [0.15, 0.2) is 0 Å². The molecule has 7 nitrogen and oxygen atoms in total. The normalized spacial score (nSPS) is 17.5. The number of carbonyl (C=O) groups excluding carboxylic acids is 3. The number of aryl methyl sites for hydroxylation is 1. The van der Waals surface area contributed by atoms with E-state index in [0.717, 1.165) is 21.6 Å². The van der Waals surface area contributed by atoms with Gasteiger partial charge in [-0.05, 0) is 19.4 Å². The van der Waals surface area contributed by atoms with Crippen LogP contribution in [0.2, 0.25) is 0 Å². The van der Waals surface area contributed by atoms with Gasteiger partial charge >= 0.3 is 6.03 Å². The lowest BCUT2D eigenvalue weighted by atomic mass is 9.91. The Hall–Kier alpha value is -4.26. The minimum atomic E-state index is -1.23. The molecule has 0 radical (unpaired) electrons. The van der Waals surface area contributed by atoms with E-state index < -0.39 is 29.9 Å². The summed E-state index contributed by atoms with van der Waals surface area (Å²) in [6.45, 7) is 3.14. The second-order valence-corrected chi connectivity index (χ2v) is 8.04. The summed E-state index contributed by atoms with van der Waals surface area (Å²) in [6.07, 6.45) is 0. The standard InChI is InChI=1S/C26H24N4O3/c1-18-13-15-21(16-14-18)26(2)24(32)30(25(33)27-26)17-22(31)28-29-23(19-9-5-3-6-10-19)20-11-7-4-8-12-20/h3-16H,17H2,1-2H3,(H,27,33)(H,28,31). The smallest absolute Gasteiger partial charge is 0.319 e. The number of amides is 4. The Bertz CT molecular complexity index is 1170. The molecule has 0 spiro atoms. The predicted molar refractivity (Wildman–Crippen MR) is 125 cm³/mol. The average molecular weight is 441 g/mol. The molecule has 4 rings (SSSR count). The fourth-order valence-electron chi connectivity index (χ4n) is 3.71. The van der Waals surface area contributed by atoms with Crippen LogP contribution in [-0.4, -0.2) is 35.0 Å². The maximum Gasteiger partial charge on any atom is 0.325 e. The van der Waals surface area contributed by atoms with Gasteiger partial charge in [-0.1, -0.05) is 90.5 Å². The molecule has 0 saturated carbocycles. The van der Waals surface area contributed by atoms with Gasteiger partial charge in [-0.25, -0.2) is 10.2 Å². The first-order valence-corrected chi connectivity index (χ1v) is 10.6. The molecule has 3 aromatic carbocycles. The van der Waals surface area contributed by atoms with E-state index in [1.807, 2.05) is 79.7 Å². The highest BCUT2D eigenvalue weighted by atomic mass is 16.2. The SMILES string of the molecule is Cc1ccc(C2(C)NC(=O)N(CC(=O)NN=C(c3ccccc3)c3ccccc3)C2=O)cc1. The molecule has 0 bridgehead atoms. The number of urea groups is 1. The third-order valence-corrected chi connectivity index (χ3v) is 5.59. The maximum absolute atomic E-state index is 13.1. The largest absolute Gasteiger partial charge is 0.325 e. The highest BCUT2D eigenvalue weighted by Crippen LogP contribution is 2.28. The van der Waals surface area contributed by atoms with E-state index in [2.05, 4.69) is 15.8 Å². The first-order chi connectivity index (χ1) is 15.9. The molecule has 4 amide bonds. The van der Waals surface area contributed by atoms with Crippen LogP contribution in [0.5, 0.6) is 0 Å². The van der Waals surface area contributed by atoms with Crippen LogP contribution in [-0.2, 0) is 15.1 Å². The van der Waals surface area contributed by atoms with E-state index in [-0.39, 0.29) is 0 Å². The highest BCUT2D eigenvalue weighted by molar-refractivity contribution is 6.13. The highest BCUT2D eigenvalue weighted by Gasteiger charge is 2.49. The van der Waals surface area contributed by atoms with Crippen molar-refractivity contribution in [3.05, 3.63) is 107 Å². The van der Waals surface area contributed by atoms with Crippen LogP contribution in [0.1, 0.15) is 29.2 Å². The van der Waals surface area contributed by atoms with E-state index >= 15 is 0 Å². The third-order valence-electron chi connectivity index (χ3n) is 5.59. The van der Waals surface area contributed by atoms with Crippen molar-refractivity contribution < 1.29 is 14.4 Å². The zero-order valence-electron chi connectivity index (χ0n) is 18.4. The van der Waals surface area contributed by atoms with Crippen LogP contribution in [0.15, 0.2) is 90.0 Å². The van der Waals surface area contributed by atoms with Crippen LogP contribution in [0.25, 0.3) is 0 Å². The molecular weight excluding hydrogens is 416 g/mol. The van der Waals surface area contributed by atoms with Crippen molar-refractivity contribution in [2.75, 3.05) is 6.54 Å². The number of hydrazone groups is 1. The number of rotatable bonds is 6. The number of imide groups is 1. The van der Waals surface area contributed by atoms with Crippen molar-refractivity contribution in [1.82, 2.24) is 15.6 Å². The minimum absolute atomic E-state index is 0.438. The first-order valence-electron chi connectivity index (χ1n) is 10.6. The molecule has 3 aromatic rings. The monoisotopic (exact) mass is 440 g/mol. The summed E-state index contributed by atoms with van der Waals surface area (Å²) >= 11 is 0. The van der Waals surface area contributed by atoms with Gasteiger partial charge in [0, 0.05) is 11.1 Å². The summed E-state index contributed by atoms with van der Waals surface area (Å²) in [5.74, 6) is -1.06. The lowest BCUT2D eigenvalue weighted by molar-refractivity contribution is -0.134. The van der Waals surface area contributed by atoms with Crippen LogP contribution in [0, 0.1) is 6.92 Å². The summed E-state index contributed by atoms with van der Waals surface area (Å²) < 4.78 is 0.